The molecule has 68 heavy (non-hydrogen) atoms. The first-order valence-electron chi connectivity index (χ1n) is 24.8. The molecule has 13 heteroatoms. The summed E-state index contributed by atoms with van der Waals surface area (Å²) in [4.78, 5) is 29.1. The van der Waals surface area contributed by atoms with E-state index in [2.05, 4.69) is 61.5 Å². The van der Waals surface area contributed by atoms with Crippen LogP contribution in [0.25, 0.3) is 0 Å². The monoisotopic (exact) mass is 969 g/mol. The quantitative estimate of drug-likeness (QED) is 0.0695. The number of ketones is 1. The Morgan fingerprint density at radius 3 is 2.62 bits per heavy atom. The molecule has 1 amide bonds. The van der Waals surface area contributed by atoms with Crippen molar-refractivity contribution in [2.45, 2.75) is 153 Å². The van der Waals surface area contributed by atoms with E-state index in [9.17, 15) is 30.3 Å². The van der Waals surface area contributed by atoms with E-state index in [0.717, 1.165) is 57.7 Å². The molecule has 0 aromatic heterocycles. The molecule has 2 aliphatic carbocycles. The maximum absolute atomic E-state index is 15.2. The van der Waals surface area contributed by atoms with Crippen LogP contribution in [0.4, 0.5) is 0 Å². The number of aliphatic hydroxyl groups excluding tert-OH is 4. The van der Waals surface area contributed by atoms with Gasteiger partial charge in [0, 0.05) is 41.8 Å². The van der Waals surface area contributed by atoms with Crippen LogP contribution >= 0.6 is 21.6 Å². The number of β-amino-alcohol motifs (C(OH)–C–C–N with tert-alkyl or cyclic N) is 1. The Morgan fingerprint density at radius 1 is 1.07 bits per heavy atom. The number of carbonyl (C=O) groups excluding carboxylic acids is 2. The average molecular weight is 969 g/mol. The molecule has 2 fully saturated rings. The Bertz CT molecular complexity index is 2300. The van der Waals surface area contributed by atoms with Crippen LogP contribution < -0.4 is 21.7 Å². The molecule has 7 rings (SSSR count). The van der Waals surface area contributed by atoms with Crippen molar-refractivity contribution in [1.29, 1.82) is 0 Å². The molecule has 0 unspecified atom stereocenters. The van der Waals surface area contributed by atoms with Crippen LogP contribution in [0.1, 0.15) is 137 Å². The second kappa shape index (κ2) is 22.8. The van der Waals surface area contributed by atoms with Crippen LogP contribution in [-0.2, 0) is 28.2 Å². The van der Waals surface area contributed by atoms with E-state index in [4.69, 9.17) is 5.73 Å². The number of aliphatic hydroxyl groups is 5. The summed E-state index contributed by atoms with van der Waals surface area (Å²) in [5.41, 5.74) is 13.6. The Kier molecular flexibility index (Phi) is 17.6. The van der Waals surface area contributed by atoms with Crippen molar-refractivity contribution in [3.63, 3.8) is 0 Å². The van der Waals surface area contributed by atoms with Gasteiger partial charge in [-0.1, -0.05) is 107 Å². The zero-order valence-electron chi connectivity index (χ0n) is 40.7. The van der Waals surface area contributed by atoms with Gasteiger partial charge >= 0.3 is 0 Å². The number of nitrogens with one attached hydrogen (secondary N) is 3. The van der Waals surface area contributed by atoms with E-state index in [1.54, 1.807) is 21.6 Å². The number of fused-ring (bicyclic) bond motifs is 9. The molecule has 2 aromatic carbocycles. The van der Waals surface area contributed by atoms with Crippen molar-refractivity contribution in [2.24, 2.45) is 23.0 Å². The van der Waals surface area contributed by atoms with Crippen LogP contribution in [0.5, 0.6) is 0 Å². The lowest BCUT2D eigenvalue weighted by Gasteiger charge is -2.56. The molecule has 370 valence electrons. The second-order valence-electron chi connectivity index (χ2n) is 20.5. The van der Waals surface area contributed by atoms with Crippen LogP contribution in [0.2, 0.25) is 0 Å². The zero-order valence-corrected chi connectivity index (χ0v) is 42.4. The Hall–Kier alpha value is -3.34. The van der Waals surface area contributed by atoms with E-state index in [1.807, 2.05) is 56.3 Å². The lowest BCUT2D eigenvalue weighted by molar-refractivity contribution is -0.168. The zero-order chi connectivity index (χ0) is 48.9. The SMILES string of the molecule is C=C(/C=C/C=C(/CO)[C@H]1CC[C@@]2([C@@H]3CC[C@@H](O)Cc4cccc(c4)[C@@H]4CSSCc5ccc6c(c5CC(=O)/C(C)=C/3CC[C@@]2(C)O)[C@@H](NC[C@@H](O)C4)C(=O)N[C@H]6N)[C@@H]1O)[C@H](CC=C(C)C)NCC. The summed E-state index contributed by atoms with van der Waals surface area (Å²) in [6, 6.07) is 11.4. The standard InChI is InChI=1S/C55H76N4O7S2/c1-7-57-47(19-14-32(2)3)33(4)10-8-13-37(29-60)43-21-23-55(51(43)64)46-18-16-40(61)25-35-11-9-12-36(24-35)39-26-41(62)28-58-50-49-44(52(56)59-53(50)65)17-15-38(30-67-68-31-39)45(49)27-48(63)34(5)42(46)20-22-54(55,6)66/h8-15,17,24,39-41,43,46-47,50-52,57-58,60-62,64,66H,4,7,16,18-23,25-31,56H2,1-3,5-6H3,(H,59,65)/b10-8+,37-13-,42-34+/t39-,40+,41-,43+,46+,47-,50+,51+,52+,54+,55+/m0/s1. The number of rotatable bonds is 9. The van der Waals surface area contributed by atoms with Gasteiger partial charge in [0.1, 0.15) is 12.2 Å². The number of benzene rings is 2. The first-order valence-corrected chi connectivity index (χ1v) is 27.3. The molecule has 3 heterocycles. The van der Waals surface area contributed by atoms with Gasteiger partial charge in [-0.25, -0.2) is 0 Å². The molecule has 11 atom stereocenters. The minimum Gasteiger partial charge on any atom is -0.393 e. The molecule has 0 radical (unpaired) electrons. The van der Waals surface area contributed by atoms with Crippen molar-refractivity contribution in [3.8, 4) is 0 Å². The van der Waals surface area contributed by atoms with E-state index in [-0.39, 0.29) is 43.2 Å². The summed E-state index contributed by atoms with van der Waals surface area (Å²) in [5, 5.41) is 69.7. The first kappa shape index (κ1) is 52.5. The number of allylic oxidation sites excluding steroid dienone is 5. The third-order valence-corrected chi connectivity index (χ3v) is 18.3. The van der Waals surface area contributed by atoms with E-state index >= 15 is 4.79 Å². The smallest absolute Gasteiger partial charge is 0.243 e. The van der Waals surface area contributed by atoms with Crippen molar-refractivity contribution in [3.05, 3.63) is 129 Å². The average Bonchev–Trinajstić information content (AvgIpc) is 3.64. The van der Waals surface area contributed by atoms with Crippen LogP contribution in [-0.4, -0.2) is 92.6 Å². The third-order valence-electron chi connectivity index (χ3n) is 15.9. The van der Waals surface area contributed by atoms with Gasteiger partial charge in [0.05, 0.1) is 30.5 Å². The van der Waals surface area contributed by atoms with Crippen LogP contribution in [0.15, 0.2) is 95.1 Å². The van der Waals surface area contributed by atoms with Gasteiger partial charge in [0.15, 0.2) is 5.78 Å². The minimum absolute atomic E-state index is 0.0101. The topological polar surface area (TPSA) is 197 Å². The highest BCUT2D eigenvalue weighted by molar-refractivity contribution is 8.76. The molecule has 2 saturated carbocycles. The third kappa shape index (κ3) is 11.2. The summed E-state index contributed by atoms with van der Waals surface area (Å²) in [6.07, 6.45) is 8.75. The fourth-order valence-electron chi connectivity index (χ4n) is 12.1. The van der Waals surface area contributed by atoms with Crippen LogP contribution in [0, 0.1) is 17.3 Å². The fourth-order valence-corrected chi connectivity index (χ4v) is 14.6. The number of hydrogen-bond donors (Lipinski definition) is 9. The van der Waals surface area contributed by atoms with Crippen molar-refractivity contribution >= 4 is 33.3 Å². The number of hydrogen-bond acceptors (Lipinski definition) is 12. The van der Waals surface area contributed by atoms with Crippen molar-refractivity contribution in [2.75, 3.05) is 25.4 Å². The number of Topliss-reactive ketones (excluding diaryl/α,β-unsaturated/α-hetero) is 1. The molecule has 10 N–H and O–H groups in total. The van der Waals surface area contributed by atoms with Gasteiger partial charge in [-0.05, 0) is 154 Å². The summed E-state index contributed by atoms with van der Waals surface area (Å²) >= 11 is 0. The van der Waals surface area contributed by atoms with Gasteiger partial charge in [-0.15, -0.1) is 0 Å². The van der Waals surface area contributed by atoms with Gasteiger partial charge in [-0.3, -0.25) is 14.9 Å². The molecular weight excluding hydrogens is 893 g/mol. The summed E-state index contributed by atoms with van der Waals surface area (Å²) in [6.45, 7) is 14.9. The highest BCUT2D eigenvalue weighted by Crippen LogP contribution is 2.63. The normalized spacial score (nSPS) is 33.3. The van der Waals surface area contributed by atoms with Crippen LogP contribution in [0.3, 0.4) is 0 Å². The molecule has 3 aliphatic heterocycles. The van der Waals surface area contributed by atoms with E-state index in [1.165, 1.54) is 5.57 Å². The Morgan fingerprint density at radius 2 is 1.87 bits per heavy atom. The van der Waals surface area contributed by atoms with E-state index in [0.29, 0.717) is 73.8 Å². The number of carbonyl (C=O) groups is 2. The van der Waals surface area contributed by atoms with Crippen molar-refractivity contribution in [1.82, 2.24) is 16.0 Å². The van der Waals surface area contributed by atoms with Gasteiger partial charge in [0.2, 0.25) is 5.91 Å². The Labute approximate surface area is 412 Å². The highest BCUT2D eigenvalue weighted by Gasteiger charge is 2.64. The number of amides is 1. The van der Waals surface area contributed by atoms with Gasteiger partial charge in [-0.2, -0.15) is 0 Å². The molecule has 2 aromatic rings. The highest BCUT2D eigenvalue weighted by atomic mass is 33.1. The van der Waals surface area contributed by atoms with Gasteiger partial charge < -0.3 is 41.9 Å². The second-order valence-corrected chi connectivity index (χ2v) is 23.0. The fraction of sp³-hybridized carbons (Fsp3) is 0.564. The minimum atomic E-state index is -1.34. The molecular formula is C55H76N4O7S2. The maximum Gasteiger partial charge on any atom is 0.243 e. The van der Waals surface area contributed by atoms with Crippen molar-refractivity contribution < 1.29 is 35.1 Å². The lowest BCUT2D eigenvalue weighted by Crippen LogP contribution is -2.59. The summed E-state index contributed by atoms with van der Waals surface area (Å²) in [5.74, 6) is -0.0509. The largest absolute Gasteiger partial charge is 0.393 e. The molecule has 1 spiro atoms. The van der Waals surface area contributed by atoms with Gasteiger partial charge in [0.25, 0.3) is 0 Å². The molecule has 6 bridgehead atoms. The number of nitrogens with two attached hydrogens (primary N) is 1. The predicted molar refractivity (Wildman–Crippen MR) is 276 cm³/mol. The van der Waals surface area contributed by atoms with E-state index < -0.39 is 53.4 Å². The molecule has 5 aliphatic rings. The maximum atomic E-state index is 15.2. The molecule has 11 nitrogen and oxygen atoms in total. The first-order chi connectivity index (χ1) is 32.5. The predicted octanol–water partition coefficient (Wildman–Crippen LogP) is 7.24. The summed E-state index contributed by atoms with van der Waals surface area (Å²) < 4.78 is 0. The molecule has 0 saturated heterocycles. The number of likely N-dealkylation sites (N-methyl/N-ethyl adjacent to an activating group) is 1. The lowest BCUT2D eigenvalue weighted by atomic mass is 9.52. The summed E-state index contributed by atoms with van der Waals surface area (Å²) in [7, 11) is 3.42. The Balaban J connectivity index is 1.31.